The lowest BCUT2D eigenvalue weighted by atomic mass is 9.48. The standard InChI is InChI=1S/C13H19NO/c1-11(15)7-13(10-14)8-12(9-13)5-3-2-4-6-12/h2-9H2,1H3. The molecule has 0 heterocycles. The highest BCUT2D eigenvalue weighted by molar-refractivity contribution is 5.77. The Kier molecular flexibility index (Phi) is 2.58. The zero-order valence-electron chi connectivity index (χ0n) is 9.51. The topological polar surface area (TPSA) is 40.9 Å². The summed E-state index contributed by atoms with van der Waals surface area (Å²) in [7, 11) is 0. The second kappa shape index (κ2) is 3.63. The van der Waals surface area contributed by atoms with Crippen LogP contribution in [0.25, 0.3) is 0 Å². The molecule has 0 aromatic heterocycles. The largest absolute Gasteiger partial charge is 0.300 e. The maximum Gasteiger partial charge on any atom is 0.131 e. The Morgan fingerprint density at radius 2 is 1.87 bits per heavy atom. The molecule has 2 fully saturated rings. The molecule has 2 aliphatic carbocycles. The molecule has 0 aromatic carbocycles. The summed E-state index contributed by atoms with van der Waals surface area (Å²) in [6, 6.07) is 2.40. The van der Waals surface area contributed by atoms with Gasteiger partial charge in [0.05, 0.1) is 11.5 Å². The van der Waals surface area contributed by atoms with Crippen LogP contribution in [-0.2, 0) is 4.79 Å². The average molecular weight is 205 g/mol. The molecule has 0 amide bonds. The van der Waals surface area contributed by atoms with Crippen molar-refractivity contribution in [2.45, 2.75) is 58.3 Å². The van der Waals surface area contributed by atoms with Gasteiger partial charge in [0.25, 0.3) is 0 Å². The summed E-state index contributed by atoms with van der Waals surface area (Å²) in [5, 5.41) is 9.20. The van der Waals surface area contributed by atoms with E-state index in [9.17, 15) is 10.1 Å². The maximum atomic E-state index is 11.1. The van der Waals surface area contributed by atoms with Crippen LogP contribution < -0.4 is 0 Å². The van der Waals surface area contributed by atoms with Crippen molar-refractivity contribution in [2.75, 3.05) is 0 Å². The molecule has 2 heteroatoms. The van der Waals surface area contributed by atoms with E-state index in [1.54, 1.807) is 6.92 Å². The van der Waals surface area contributed by atoms with Crippen LogP contribution in [0.3, 0.4) is 0 Å². The third kappa shape index (κ3) is 1.93. The Labute approximate surface area is 91.7 Å². The van der Waals surface area contributed by atoms with Crippen LogP contribution in [0.5, 0.6) is 0 Å². The molecule has 0 atom stereocenters. The van der Waals surface area contributed by atoms with E-state index in [1.165, 1.54) is 32.1 Å². The van der Waals surface area contributed by atoms with Crippen molar-refractivity contribution >= 4 is 5.78 Å². The molecule has 2 nitrogen and oxygen atoms in total. The molecule has 1 spiro atoms. The van der Waals surface area contributed by atoms with Gasteiger partial charge in [0, 0.05) is 6.42 Å². The minimum Gasteiger partial charge on any atom is -0.300 e. The zero-order chi connectivity index (χ0) is 10.9. The molecule has 15 heavy (non-hydrogen) atoms. The van der Waals surface area contributed by atoms with Crippen molar-refractivity contribution < 1.29 is 4.79 Å². The van der Waals surface area contributed by atoms with Gasteiger partial charge in [0.2, 0.25) is 0 Å². The van der Waals surface area contributed by atoms with Crippen LogP contribution in [-0.4, -0.2) is 5.78 Å². The van der Waals surface area contributed by atoms with Crippen molar-refractivity contribution in [3.05, 3.63) is 0 Å². The Balaban J connectivity index is 1.99. The number of Topliss-reactive ketones (excluding diaryl/α,β-unsaturated/α-hetero) is 1. The summed E-state index contributed by atoms with van der Waals surface area (Å²) in [4.78, 5) is 11.1. The molecule has 0 bridgehead atoms. The van der Waals surface area contributed by atoms with E-state index in [0.29, 0.717) is 11.8 Å². The summed E-state index contributed by atoms with van der Waals surface area (Å²) < 4.78 is 0. The van der Waals surface area contributed by atoms with Gasteiger partial charge >= 0.3 is 0 Å². The van der Waals surface area contributed by atoms with Crippen LogP contribution in [0.2, 0.25) is 0 Å². The average Bonchev–Trinajstić information content (AvgIpc) is 2.15. The number of hydrogen-bond acceptors (Lipinski definition) is 2. The fourth-order valence-electron chi connectivity index (χ4n) is 3.76. The fraction of sp³-hybridized carbons (Fsp3) is 0.846. The number of nitriles is 1. The van der Waals surface area contributed by atoms with Gasteiger partial charge in [-0.1, -0.05) is 19.3 Å². The summed E-state index contributed by atoms with van der Waals surface area (Å²) in [5.74, 6) is 0.169. The van der Waals surface area contributed by atoms with E-state index in [2.05, 4.69) is 6.07 Å². The lowest BCUT2D eigenvalue weighted by molar-refractivity contribution is -0.123. The normalized spacial score (nSPS) is 26.7. The van der Waals surface area contributed by atoms with E-state index in [1.807, 2.05) is 0 Å². The van der Waals surface area contributed by atoms with Crippen LogP contribution in [0.4, 0.5) is 0 Å². The second-order valence-corrected chi connectivity index (χ2v) is 5.69. The van der Waals surface area contributed by atoms with Crippen molar-refractivity contribution in [3.8, 4) is 6.07 Å². The van der Waals surface area contributed by atoms with Gasteiger partial charge in [-0.05, 0) is 38.0 Å². The molecule has 82 valence electrons. The van der Waals surface area contributed by atoms with Gasteiger partial charge in [-0.3, -0.25) is 4.79 Å². The number of hydrogen-bond donors (Lipinski definition) is 0. The highest BCUT2D eigenvalue weighted by Gasteiger charge is 2.54. The Morgan fingerprint density at radius 3 is 2.33 bits per heavy atom. The third-order valence-corrected chi connectivity index (χ3v) is 4.17. The minimum absolute atomic E-state index is 0.169. The highest BCUT2D eigenvalue weighted by Crippen LogP contribution is 2.62. The van der Waals surface area contributed by atoms with Gasteiger partial charge in [-0.15, -0.1) is 0 Å². The Bertz CT molecular complexity index is 299. The van der Waals surface area contributed by atoms with E-state index < -0.39 is 0 Å². The molecular formula is C13H19NO. The van der Waals surface area contributed by atoms with Gasteiger partial charge in [-0.25, -0.2) is 0 Å². The van der Waals surface area contributed by atoms with Crippen molar-refractivity contribution in [1.82, 2.24) is 0 Å². The summed E-state index contributed by atoms with van der Waals surface area (Å²) in [6.45, 7) is 1.60. The molecular weight excluding hydrogens is 186 g/mol. The number of carbonyl (C=O) groups is 1. The van der Waals surface area contributed by atoms with Crippen LogP contribution in [0.15, 0.2) is 0 Å². The van der Waals surface area contributed by atoms with Crippen LogP contribution in [0.1, 0.15) is 58.3 Å². The number of ketones is 1. The summed E-state index contributed by atoms with van der Waals surface area (Å²) in [5.41, 5.74) is 0.159. The first kappa shape index (κ1) is 10.7. The molecule has 2 saturated carbocycles. The first-order valence-electron chi connectivity index (χ1n) is 6.01. The molecule has 2 aliphatic rings. The van der Waals surface area contributed by atoms with Gasteiger partial charge in [0.1, 0.15) is 5.78 Å². The Hall–Kier alpha value is -0.840. The Morgan fingerprint density at radius 1 is 1.27 bits per heavy atom. The van der Waals surface area contributed by atoms with Crippen molar-refractivity contribution in [3.63, 3.8) is 0 Å². The van der Waals surface area contributed by atoms with Gasteiger partial charge < -0.3 is 0 Å². The van der Waals surface area contributed by atoms with Crippen molar-refractivity contribution in [1.29, 1.82) is 5.26 Å². The lowest BCUT2D eigenvalue weighted by Gasteiger charge is -2.54. The van der Waals surface area contributed by atoms with E-state index in [0.717, 1.165) is 12.8 Å². The maximum absolute atomic E-state index is 11.1. The smallest absolute Gasteiger partial charge is 0.131 e. The molecule has 2 rings (SSSR count). The second-order valence-electron chi connectivity index (χ2n) is 5.69. The van der Waals surface area contributed by atoms with E-state index in [-0.39, 0.29) is 11.2 Å². The first-order chi connectivity index (χ1) is 7.10. The quantitative estimate of drug-likeness (QED) is 0.694. The van der Waals surface area contributed by atoms with Gasteiger partial charge in [0.15, 0.2) is 0 Å². The van der Waals surface area contributed by atoms with Crippen LogP contribution >= 0.6 is 0 Å². The predicted octanol–water partition coefficient (Wildman–Crippen LogP) is 3.22. The predicted molar refractivity (Wildman–Crippen MR) is 58.1 cm³/mol. The SMILES string of the molecule is CC(=O)CC1(C#N)CC2(CCCCC2)C1. The van der Waals surface area contributed by atoms with E-state index >= 15 is 0 Å². The lowest BCUT2D eigenvalue weighted by Crippen LogP contribution is -2.47. The molecule has 0 N–H and O–H groups in total. The summed E-state index contributed by atoms with van der Waals surface area (Å²) >= 11 is 0. The molecule has 0 saturated heterocycles. The fourth-order valence-corrected chi connectivity index (χ4v) is 3.76. The highest BCUT2D eigenvalue weighted by atomic mass is 16.1. The monoisotopic (exact) mass is 205 g/mol. The number of rotatable bonds is 2. The first-order valence-corrected chi connectivity index (χ1v) is 6.01. The molecule has 0 aromatic rings. The van der Waals surface area contributed by atoms with Crippen LogP contribution in [0, 0.1) is 22.2 Å². The van der Waals surface area contributed by atoms with Crippen molar-refractivity contribution in [2.24, 2.45) is 10.8 Å². The molecule has 0 radical (unpaired) electrons. The molecule has 0 unspecified atom stereocenters. The number of carbonyl (C=O) groups excluding carboxylic acids is 1. The molecule has 0 aliphatic heterocycles. The van der Waals surface area contributed by atoms with Gasteiger partial charge in [-0.2, -0.15) is 5.26 Å². The summed E-state index contributed by atoms with van der Waals surface area (Å²) in [6.07, 6.45) is 9.01. The zero-order valence-corrected chi connectivity index (χ0v) is 9.51. The third-order valence-electron chi connectivity index (χ3n) is 4.17. The van der Waals surface area contributed by atoms with E-state index in [4.69, 9.17) is 0 Å². The minimum atomic E-state index is -0.289. The number of nitrogens with zero attached hydrogens (tertiary/aromatic N) is 1.